The molecule has 0 fully saturated rings. The summed E-state index contributed by atoms with van der Waals surface area (Å²) in [4.78, 5) is 0. The highest BCUT2D eigenvalue weighted by Gasteiger charge is 2.00. The molecule has 0 saturated carbocycles. The maximum Gasteiger partial charge on any atom is 0.0404 e. The SMILES string of the molecule is CCCCCCCCCCCCCCCCCCCCCCC1=CC=C[N]1. The number of allylic oxidation sites excluding steroid dienone is 3. The van der Waals surface area contributed by atoms with Crippen LogP contribution in [0.1, 0.15) is 142 Å². The van der Waals surface area contributed by atoms with E-state index >= 15 is 0 Å². The Labute approximate surface area is 171 Å². The van der Waals surface area contributed by atoms with E-state index in [0.29, 0.717) is 0 Å². The number of nitrogens with zero attached hydrogens (tertiary/aromatic N) is 1. The molecule has 0 saturated heterocycles. The van der Waals surface area contributed by atoms with E-state index in [0.717, 1.165) is 0 Å². The van der Waals surface area contributed by atoms with Crippen LogP contribution in [0.15, 0.2) is 24.0 Å². The maximum atomic E-state index is 4.34. The summed E-state index contributed by atoms with van der Waals surface area (Å²) in [5.41, 5.74) is 1.28. The second-order valence-corrected chi connectivity index (χ2v) is 8.60. The van der Waals surface area contributed by atoms with E-state index in [2.05, 4.69) is 18.3 Å². The second kappa shape index (κ2) is 20.0. The molecule has 0 aromatic rings. The number of hydrogen-bond donors (Lipinski definition) is 0. The molecular weight excluding hydrogens is 326 g/mol. The van der Waals surface area contributed by atoms with Crippen LogP contribution in [-0.2, 0) is 0 Å². The summed E-state index contributed by atoms with van der Waals surface area (Å²) in [5.74, 6) is 0. The monoisotopic (exact) mass is 374 g/mol. The van der Waals surface area contributed by atoms with Crippen molar-refractivity contribution in [1.82, 2.24) is 5.32 Å². The molecule has 0 unspecified atom stereocenters. The fraction of sp³-hybridized carbons (Fsp3) is 0.846. The Kier molecular flexibility index (Phi) is 18.0. The van der Waals surface area contributed by atoms with E-state index in [1.807, 2.05) is 12.3 Å². The van der Waals surface area contributed by atoms with E-state index in [4.69, 9.17) is 0 Å². The molecule has 1 heteroatoms. The predicted octanol–water partition coefficient (Wildman–Crippen LogP) is 9.21. The topological polar surface area (TPSA) is 14.1 Å². The Morgan fingerprint density at radius 1 is 0.519 bits per heavy atom. The van der Waals surface area contributed by atoms with Gasteiger partial charge in [0, 0.05) is 11.9 Å². The minimum absolute atomic E-state index is 1.17. The van der Waals surface area contributed by atoms with E-state index in [9.17, 15) is 0 Å². The lowest BCUT2D eigenvalue weighted by molar-refractivity contribution is 0.521. The molecule has 1 aliphatic rings. The first-order valence-corrected chi connectivity index (χ1v) is 12.5. The van der Waals surface area contributed by atoms with Crippen LogP contribution >= 0.6 is 0 Å². The summed E-state index contributed by atoms with van der Waals surface area (Å²) in [5, 5.41) is 4.34. The molecule has 1 nitrogen and oxygen atoms in total. The van der Waals surface area contributed by atoms with Crippen LogP contribution in [0.25, 0.3) is 0 Å². The van der Waals surface area contributed by atoms with Gasteiger partial charge in [-0.25, -0.2) is 0 Å². The first kappa shape index (κ1) is 24.3. The zero-order valence-electron chi connectivity index (χ0n) is 18.5. The van der Waals surface area contributed by atoms with Crippen LogP contribution in [0.2, 0.25) is 0 Å². The fourth-order valence-electron chi connectivity index (χ4n) is 4.05. The minimum Gasteiger partial charge on any atom is -0.261 e. The van der Waals surface area contributed by atoms with Crippen molar-refractivity contribution in [1.29, 1.82) is 0 Å². The normalized spacial score (nSPS) is 13.1. The van der Waals surface area contributed by atoms with Gasteiger partial charge < -0.3 is 0 Å². The lowest BCUT2D eigenvalue weighted by Gasteiger charge is -2.04. The third-order valence-electron chi connectivity index (χ3n) is 5.90. The largest absolute Gasteiger partial charge is 0.261 e. The smallest absolute Gasteiger partial charge is 0.0404 e. The van der Waals surface area contributed by atoms with E-state index in [1.54, 1.807) is 0 Å². The highest BCUT2D eigenvalue weighted by atomic mass is 14.9. The quantitative estimate of drug-likeness (QED) is 0.178. The fourth-order valence-corrected chi connectivity index (χ4v) is 4.05. The molecule has 1 rings (SSSR count). The Balaban J connectivity index is 1.63. The van der Waals surface area contributed by atoms with Gasteiger partial charge in [-0.3, -0.25) is 5.32 Å². The zero-order chi connectivity index (χ0) is 19.3. The first-order valence-electron chi connectivity index (χ1n) is 12.5. The van der Waals surface area contributed by atoms with Crippen molar-refractivity contribution in [3.8, 4) is 0 Å². The molecule has 0 bridgehead atoms. The molecule has 0 aromatic heterocycles. The molecule has 1 aliphatic heterocycles. The molecule has 1 heterocycles. The molecular formula is C26H48N. The summed E-state index contributed by atoms with van der Waals surface area (Å²) in [6.45, 7) is 2.30. The van der Waals surface area contributed by atoms with Gasteiger partial charge in [0.05, 0.1) is 0 Å². The van der Waals surface area contributed by atoms with E-state index in [1.165, 1.54) is 141 Å². The highest BCUT2D eigenvalue weighted by molar-refractivity contribution is 5.19. The van der Waals surface area contributed by atoms with Crippen molar-refractivity contribution in [2.75, 3.05) is 0 Å². The van der Waals surface area contributed by atoms with Gasteiger partial charge in [0.25, 0.3) is 0 Å². The molecule has 0 atom stereocenters. The van der Waals surface area contributed by atoms with Gasteiger partial charge in [-0.15, -0.1) is 0 Å². The van der Waals surface area contributed by atoms with Gasteiger partial charge in [-0.1, -0.05) is 129 Å². The summed E-state index contributed by atoms with van der Waals surface area (Å²) in [6, 6.07) is 0. The van der Waals surface area contributed by atoms with Crippen LogP contribution in [-0.4, -0.2) is 0 Å². The van der Waals surface area contributed by atoms with Crippen LogP contribution in [0.4, 0.5) is 0 Å². The van der Waals surface area contributed by atoms with E-state index in [-0.39, 0.29) is 0 Å². The third-order valence-corrected chi connectivity index (χ3v) is 5.90. The molecule has 0 aromatic carbocycles. The van der Waals surface area contributed by atoms with Crippen LogP contribution in [0, 0.1) is 0 Å². The highest BCUT2D eigenvalue weighted by Crippen LogP contribution is 2.16. The summed E-state index contributed by atoms with van der Waals surface area (Å²) >= 11 is 0. The summed E-state index contributed by atoms with van der Waals surface area (Å²) < 4.78 is 0. The molecule has 0 amide bonds. The van der Waals surface area contributed by atoms with Gasteiger partial charge >= 0.3 is 0 Å². The Hall–Kier alpha value is -0.720. The Morgan fingerprint density at radius 2 is 0.889 bits per heavy atom. The lowest BCUT2D eigenvalue weighted by atomic mass is 10.0. The van der Waals surface area contributed by atoms with Gasteiger partial charge in [0.15, 0.2) is 0 Å². The van der Waals surface area contributed by atoms with Gasteiger partial charge in [0.2, 0.25) is 0 Å². The lowest BCUT2D eigenvalue weighted by Crippen LogP contribution is -1.92. The number of rotatable bonds is 21. The summed E-state index contributed by atoms with van der Waals surface area (Å²) in [7, 11) is 0. The average molecular weight is 375 g/mol. The van der Waals surface area contributed by atoms with Crippen molar-refractivity contribution in [3.05, 3.63) is 24.0 Å². The van der Waals surface area contributed by atoms with Crippen molar-refractivity contribution >= 4 is 0 Å². The molecule has 0 aliphatic carbocycles. The first-order chi connectivity index (χ1) is 13.4. The number of unbranched alkanes of at least 4 members (excludes halogenated alkanes) is 19. The molecule has 0 N–H and O–H groups in total. The van der Waals surface area contributed by atoms with Crippen molar-refractivity contribution in [2.24, 2.45) is 0 Å². The van der Waals surface area contributed by atoms with Crippen molar-refractivity contribution < 1.29 is 0 Å². The van der Waals surface area contributed by atoms with Gasteiger partial charge in [0.1, 0.15) is 0 Å². The Morgan fingerprint density at radius 3 is 1.22 bits per heavy atom. The molecule has 1 radical (unpaired) electrons. The van der Waals surface area contributed by atoms with Crippen LogP contribution in [0.3, 0.4) is 0 Å². The minimum atomic E-state index is 1.17. The average Bonchev–Trinajstić information content (AvgIpc) is 3.20. The van der Waals surface area contributed by atoms with E-state index < -0.39 is 0 Å². The predicted molar refractivity (Wildman–Crippen MR) is 122 cm³/mol. The zero-order valence-corrected chi connectivity index (χ0v) is 18.5. The van der Waals surface area contributed by atoms with Crippen molar-refractivity contribution in [3.63, 3.8) is 0 Å². The standard InChI is InChI=1S/C26H48N/c1-2-3-4-5-6-7-8-9-10-11-12-13-14-15-16-17-18-19-20-21-23-26-24-22-25-27-26/h22,24-25H,2-21,23H2,1H3. The van der Waals surface area contributed by atoms with Crippen LogP contribution in [0.5, 0.6) is 0 Å². The van der Waals surface area contributed by atoms with Crippen molar-refractivity contribution in [2.45, 2.75) is 142 Å². The maximum absolute atomic E-state index is 4.34. The number of hydrogen-bond acceptors (Lipinski definition) is 0. The molecule has 27 heavy (non-hydrogen) atoms. The second-order valence-electron chi connectivity index (χ2n) is 8.60. The third kappa shape index (κ3) is 17.1. The molecule has 0 spiro atoms. The summed E-state index contributed by atoms with van der Waals surface area (Å²) in [6.07, 6.45) is 36.3. The van der Waals surface area contributed by atoms with Gasteiger partial charge in [-0.05, 0) is 25.0 Å². The Bertz CT molecular complexity index is 355. The van der Waals surface area contributed by atoms with Gasteiger partial charge in [-0.2, -0.15) is 0 Å². The van der Waals surface area contributed by atoms with Crippen LogP contribution < -0.4 is 5.32 Å². The molecule has 157 valence electrons.